The Morgan fingerprint density at radius 2 is 1.95 bits per heavy atom. The second-order valence-electron chi connectivity index (χ2n) is 5.44. The highest BCUT2D eigenvalue weighted by Crippen LogP contribution is 2.45. The van der Waals surface area contributed by atoms with Crippen LogP contribution >= 0.6 is 9.24 Å². The molecule has 5 unspecified atom stereocenters. The Kier molecular flexibility index (Phi) is 4.82. The third kappa shape index (κ3) is 2.63. The number of nitrogens with zero attached hydrogens (tertiary/aromatic N) is 1. The molecule has 7 heteroatoms. The van der Waals surface area contributed by atoms with Crippen LogP contribution in [0.5, 0.6) is 0 Å². The molecule has 2 rings (SSSR count). The number of hydrogen-bond acceptors (Lipinski definition) is 6. The van der Waals surface area contributed by atoms with E-state index >= 15 is 0 Å². The fraction of sp³-hybridized carbons (Fsp3) is 0.400. The molecule has 0 spiro atoms. The molecule has 0 amide bonds. The molecule has 0 saturated carbocycles. The molecule has 0 radical (unpaired) electrons. The average molecular weight is 324 g/mol. The number of aliphatic hydroxyl groups excluding tert-OH is 1. The molecule has 1 aromatic rings. The molecule has 120 valence electrons. The Bertz CT molecular complexity index is 575. The number of benzene rings is 1. The highest BCUT2D eigenvalue weighted by molar-refractivity contribution is 7.19. The van der Waals surface area contributed by atoms with Crippen LogP contribution in [0.1, 0.15) is 18.1 Å². The second kappa shape index (κ2) is 6.16. The van der Waals surface area contributed by atoms with E-state index in [0.717, 1.165) is 7.05 Å². The van der Waals surface area contributed by atoms with Gasteiger partial charge in [0.05, 0.1) is 0 Å². The molecular weight excluding hydrogens is 305 g/mol. The van der Waals surface area contributed by atoms with Gasteiger partial charge in [0, 0.05) is 5.92 Å². The van der Waals surface area contributed by atoms with E-state index in [-0.39, 0.29) is 10.6 Å². The first kappa shape index (κ1) is 17.2. The summed E-state index contributed by atoms with van der Waals surface area (Å²) >= 11 is 0. The fourth-order valence-corrected chi connectivity index (χ4v) is 3.01. The minimum atomic E-state index is -2.79. The summed E-state index contributed by atoms with van der Waals surface area (Å²) in [5.41, 5.74) is -2.56. The normalized spacial score (nSPS) is 24.2. The van der Waals surface area contributed by atoms with Crippen LogP contribution in [-0.2, 0) is 4.79 Å². The summed E-state index contributed by atoms with van der Waals surface area (Å²) < 4.78 is 0. The summed E-state index contributed by atoms with van der Waals surface area (Å²) in [7, 11) is 2.91. The molecule has 5 atom stereocenters. The lowest BCUT2D eigenvalue weighted by atomic mass is 9.80. The van der Waals surface area contributed by atoms with Gasteiger partial charge >= 0.3 is 0 Å². The lowest BCUT2D eigenvalue weighted by molar-refractivity contribution is -0.202. The van der Waals surface area contributed by atoms with Crippen LogP contribution in [0.4, 0.5) is 0 Å². The maximum Gasteiger partial charge on any atom is 0.214 e. The molecule has 0 aromatic heterocycles. The van der Waals surface area contributed by atoms with Crippen molar-refractivity contribution in [2.24, 2.45) is 5.92 Å². The molecule has 0 bridgehead atoms. The number of hydroxylamine groups is 2. The molecule has 0 saturated heterocycles. The molecule has 22 heavy (non-hydrogen) atoms. The highest BCUT2D eigenvalue weighted by Gasteiger charge is 2.57. The van der Waals surface area contributed by atoms with Crippen molar-refractivity contribution in [3.63, 3.8) is 0 Å². The number of likely N-dealkylation sites (N-methyl/N-ethyl adjacent to an activating group) is 1. The predicted octanol–water partition coefficient (Wildman–Crippen LogP) is 0.547. The van der Waals surface area contributed by atoms with Gasteiger partial charge in [-0.25, -0.2) is 0 Å². The van der Waals surface area contributed by atoms with Crippen LogP contribution in [0, 0.1) is 11.1 Å². The van der Waals surface area contributed by atoms with Crippen LogP contribution in [-0.4, -0.2) is 44.3 Å². The molecular formula is C15H19NO5P-. The predicted molar refractivity (Wildman–Crippen MR) is 84.4 cm³/mol. The average Bonchev–Trinajstić information content (AvgIpc) is 2.42. The van der Waals surface area contributed by atoms with Gasteiger partial charge in [-0.3, -0.25) is 4.79 Å². The van der Waals surface area contributed by atoms with Gasteiger partial charge in [-0.05, 0) is 19.0 Å². The zero-order valence-electron chi connectivity index (χ0n) is 12.1. The standard InChI is InChI=1S/C15H19NO5P/c1-16(21)14(19,15(20,22)11-8-5-9-11)13(18)12(17)10-6-3-2-4-7-10/h2-8,11-12,17,19-20H,9,22H2,1H3/q-1. The number of hydrogen-bond donors (Lipinski definition) is 3. The van der Waals surface area contributed by atoms with Crippen molar-refractivity contribution in [1.82, 2.24) is 5.06 Å². The Labute approximate surface area is 130 Å². The van der Waals surface area contributed by atoms with Crippen molar-refractivity contribution < 1.29 is 20.1 Å². The Hall–Kier alpha value is -1.14. The van der Waals surface area contributed by atoms with Gasteiger partial charge < -0.3 is 25.6 Å². The quantitative estimate of drug-likeness (QED) is 0.305. The maximum atomic E-state index is 12.6. The minimum Gasteiger partial charge on any atom is -0.783 e. The maximum absolute atomic E-state index is 12.6. The largest absolute Gasteiger partial charge is 0.783 e. The minimum absolute atomic E-state index is 0.0132. The van der Waals surface area contributed by atoms with E-state index in [0.29, 0.717) is 6.42 Å². The summed E-state index contributed by atoms with van der Waals surface area (Å²) in [5, 5.41) is 41.2. The molecule has 0 heterocycles. The molecule has 6 nitrogen and oxygen atoms in total. The Morgan fingerprint density at radius 1 is 1.41 bits per heavy atom. The number of ketones is 1. The van der Waals surface area contributed by atoms with E-state index in [1.165, 1.54) is 12.1 Å². The van der Waals surface area contributed by atoms with E-state index in [1.807, 2.05) is 9.24 Å². The fourth-order valence-electron chi connectivity index (χ4n) is 2.44. The second-order valence-corrected chi connectivity index (χ2v) is 6.32. The van der Waals surface area contributed by atoms with Crippen LogP contribution in [0.15, 0.2) is 42.5 Å². The molecule has 1 aromatic carbocycles. The van der Waals surface area contributed by atoms with Crippen LogP contribution in [0.25, 0.3) is 0 Å². The first-order chi connectivity index (χ1) is 10.2. The van der Waals surface area contributed by atoms with Gasteiger partial charge in [-0.15, -0.1) is 0 Å². The van der Waals surface area contributed by atoms with E-state index in [9.17, 15) is 25.3 Å². The number of carbonyl (C=O) groups is 1. The van der Waals surface area contributed by atoms with Gasteiger partial charge in [-0.1, -0.05) is 51.7 Å². The number of allylic oxidation sites excluding steroid dienone is 1. The SMILES string of the molecule is CN([O-])C(O)(C(=O)C(O)c1ccccc1)C(O)(P)C1C=CC1. The molecule has 0 aliphatic heterocycles. The zero-order valence-corrected chi connectivity index (χ0v) is 13.2. The number of Topliss-reactive ketones (excluding diaryl/α,β-unsaturated/α-hetero) is 1. The van der Waals surface area contributed by atoms with Crippen molar-refractivity contribution in [2.45, 2.75) is 23.6 Å². The number of aliphatic hydroxyl groups is 3. The lowest BCUT2D eigenvalue weighted by Gasteiger charge is -2.52. The summed E-state index contributed by atoms with van der Waals surface area (Å²) in [5.74, 6) is -1.75. The van der Waals surface area contributed by atoms with Crippen LogP contribution < -0.4 is 0 Å². The molecule has 1 aliphatic carbocycles. The third-order valence-electron chi connectivity index (χ3n) is 4.05. The lowest BCUT2D eigenvalue weighted by Crippen LogP contribution is -2.67. The van der Waals surface area contributed by atoms with E-state index in [1.54, 1.807) is 30.4 Å². The van der Waals surface area contributed by atoms with Crippen molar-refractivity contribution in [3.8, 4) is 0 Å². The van der Waals surface area contributed by atoms with E-state index in [4.69, 9.17) is 0 Å². The zero-order chi connectivity index (χ0) is 16.5. The summed E-state index contributed by atoms with van der Waals surface area (Å²) in [4.78, 5) is 12.6. The number of rotatable bonds is 6. The van der Waals surface area contributed by atoms with Crippen molar-refractivity contribution in [3.05, 3.63) is 53.3 Å². The van der Waals surface area contributed by atoms with Crippen LogP contribution in [0.3, 0.4) is 0 Å². The topological polar surface area (TPSA) is 104 Å². The van der Waals surface area contributed by atoms with Crippen LogP contribution in [0.2, 0.25) is 0 Å². The summed E-state index contributed by atoms with van der Waals surface area (Å²) in [6, 6.07) is 7.94. The summed E-state index contributed by atoms with van der Waals surface area (Å²) in [6.45, 7) is 0. The molecule has 0 fully saturated rings. The Morgan fingerprint density at radius 3 is 2.36 bits per heavy atom. The Balaban J connectivity index is 2.38. The summed E-state index contributed by atoms with van der Waals surface area (Å²) in [6.07, 6.45) is 2.05. The van der Waals surface area contributed by atoms with Gasteiger partial charge in [0.2, 0.25) is 11.5 Å². The van der Waals surface area contributed by atoms with E-state index in [2.05, 4.69) is 0 Å². The highest BCUT2D eigenvalue weighted by atomic mass is 31.0. The number of carbonyl (C=O) groups excluding carboxylic acids is 1. The first-order valence-electron chi connectivity index (χ1n) is 6.81. The monoisotopic (exact) mass is 324 g/mol. The third-order valence-corrected chi connectivity index (χ3v) is 4.88. The van der Waals surface area contributed by atoms with Crippen molar-refractivity contribution in [2.75, 3.05) is 7.05 Å². The van der Waals surface area contributed by atoms with Gasteiger partial charge in [0.25, 0.3) is 0 Å². The smallest absolute Gasteiger partial charge is 0.214 e. The van der Waals surface area contributed by atoms with Crippen molar-refractivity contribution in [1.29, 1.82) is 0 Å². The van der Waals surface area contributed by atoms with E-state index < -0.39 is 28.9 Å². The first-order valence-corrected chi connectivity index (χ1v) is 7.39. The molecule has 3 N–H and O–H groups in total. The van der Waals surface area contributed by atoms with Gasteiger partial charge in [0.1, 0.15) is 11.4 Å². The van der Waals surface area contributed by atoms with Gasteiger partial charge in [-0.2, -0.15) is 0 Å². The molecule has 1 aliphatic rings. The van der Waals surface area contributed by atoms with Crippen molar-refractivity contribution >= 4 is 15.0 Å². The van der Waals surface area contributed by atoms with Gasteiger partial charge in [0.15, 0.2) is 0 Å².